The highest BCUT2D eigenvalue weighted by atomic mass is 32.2. The monoisotopic (exact) mass is 483 g/mol. The lowest BCUT2D eigenvalue weighted by atomic mass is 10.2. The van der Waals surface area contributed by atoms with Crippen molar-refractivity contribution < 1.29 is 48.1 Å². The molecule has 32 heavy (non-hydrogen) atoms. The van der Waals surface area contributed by atoms with E-state index in [1.807, 2.05) is 6.26 Å². The molecule has 0 aromatic heterocycles. The van der Waals surface area contributed by atoms with Crippen LogP contribution in [-0.4, -0.2) is 83.9 Å². The van der Waals surface area contributed by atoms with Gasteiger partial charge in [0.15, 0.2) is 18.3 Å². The van der Waals surface area contributed by atoms with Crippen molar-refractivity contribution in [3.8, 4) is 0 Å². The number of nitrogens with zero attached hydrogens (tertiary/aromatic N) is 1. The summed E-state index contributed by atoms with van der Waals surface area (Å²) in [6, 6.07) is 0. The van der Waals surface area contributed by atoms with Crippen LogP contribution in [-0.2, 0) is 42.9 Å². The molecule has 5 atom stereocenters. The second kappa shape index (κ2) is 13.9. The normalized spacial score (nSPS) is 25.5. The number of ether oxygens (including phenoxy) is 5. The summed E-state index contributed by atoms with van der Waals surface area (Å²) in [5.41, 5.74) is 0.156. The fourth-order valence-corrected chi connectivity index (χ4v) is 3.79. The first-order chi connectivity index (χ1) is 15.1. The predicted octanol–water partition coefficient (Wildman–Crippen LogP) is 1.48. The summed E-state index contributed by atoms with van der Waals surface area (Å²) < 4.78 is 27.0. The molecule has 182 valence electrons. The first-order valence-electron chi connectivity index (χ1n) is 10.1. The molecular formula is C20H31NO10S. The van der Waals surface area contributed by atoms with Gasteiger partial charge in [-0.15, -0.1) is 0 Å². The van der Waals surface area contributed by atoms with Gasteiger partial charge < -0.3 is 28.9 Å². The zero-order valence-corrected chi connectivity index (χ0v) is 19.7. The minimum Gasteiger partial charge on any atom is -0.463 e. The Hall–Kier alpha value is -2.34. The molecule has 1 saturated heterocycles. The summed E-state index contributed by atoms with van der Waals surface area (Å²) in [6.07, 6.45) is -2.22. The van der Waals surface area contributed by atoms with E-state index in [-0.39, 0.29) is 12.3 Å². The molecule has 11 nitrogen and oxygen atoms in total. The summed E-state index contributed by atoms with van der Waals surface area (Å²) in [4.78, 5) is 46.7. The fraction of sp³-hybridized carbons (Fsp3) is 0.750. The van der Waals surface area contributed by atoms with Crippen LogP contribution < -0.4 is 0 Å². The molecule has 1 rings (SSSR count). The number of unbranched alkanes of at least 4 members (excludes halogenated alkanes) is 1. The van der Waals surface area contributed by atoms with Crippen molar-refractivity contribution in [3.63, 3.8) is 0 Å². The Bertz CT molecular complexity index is 698. The van der Waals surface area contributed by atoms with Crippen molar-refractivity contribution in [1.82, 2.24) is 0 Å². The summed E-state index contributed by atoms with van der Waals surface area (Å²) >= 11 is 1.67. The topological polar surface area (TPSA) is 147 Å². The van der Waals surface area contributed by atoms with Crippen molar-refractivity contribution in [3.05, 3.63) is 0 Å². The molecule has 12 heteroatoms. The van der Waals surface area contributed by atoms with Crippen LogP contribution in [0.5, 0.6) is 0 Å². The van der Waals surface area contributed by atoms with Gasteiger partial charge in [-0.25, -0.2) is 0 Å². The van der Waals surface area contributed by atoms with Gasteiger partial charge in [-0.05, 0) is 31.3 Å². The highest BCUT2D eigenvalue weighted by Gasteiger charge is 2.53. The van der Waals surface area contributed by atoms with Gasteiger partial charge in [-0.1, -0.05) is 5.16 Å². The summed E-state index contributed by atoms with van der Waals surface area (Å²) in [5.74, 6) is -1.85. The Morgan fingerprint density at radius 2 is 1.44 bits per heavy atom. The summed E-state index contributed by atoms with van der Waals surface area (Å²) in [6.45, 7) is 4.30. The maximum Gasteiger partial charge on any atom is 0.303 e. The maximum atomic E-state index is 11.8. The molecule has 0 bridgehead atoms. The molecule has 0 amide bonds. The highest BCUT2D eigenvalue weighted by molar-refractivity contribution is 7.98. The molecular weight excluding hydrogens is 452 g/mol. The molecule has 1 aliphatic heterocycles. The number of carbonyl (C=O) groups excluding carboxylic acids is 4. The van der Waals surface area contributed by atoms with E-state index in [9.17, 15) is 24.4 Å². The lowest BCUT2D eigenvalue weighted by Crippen LogP contribution is -2.64. The number of rotatable bonds is 11. The van der Waals surface area contributed by atoms with Crippen molar-refractivity contribution in [1.29, 1.82) is 0 Å². The third-order valence-electron chi connectivity index (χ3n) is 4.48. The van der Waals surface area contributed by atoms with Crippen LogP contribution in [0.15, 0.2) is 5.16 Å². The summed E-state index contributed by atoms with van der Waals surface area (Å²) in [5, 5.41) is 13.0. The largest absolute Gasteiger partial charge is 0.463 e. The number of esters is 4. The van der Waals surface area contributed by atoms with E-state index in [1.54, 1.807) is 11.8 Å². The summed E-state index contributed by atoms with van der Waals surface area (Å²) in [7, 11) is 0. The number of hydrogen-bond donors (Lipinski definition) is 1. The minimum absolute atomic E-state index is 0.156. The fourth-order valence-electron chi connectivity index (χ4n) is 3.30. The third kappa shape index (κ3) is 9.03. The van der Waals surface area contributed by atoms with Crippen LogP contribution in [0.3, 0.4) is 0 Å². The molecule has 1 fully saturated rings. The quantitative estimate of drug-likeness (QED) is 0.0866. The van der Waals surface area contributed by atoms with E-state index in [0.29, 0.717) is 12.8 Å². The van der Waals surface area contributed by atoms with E-state index < -0.39 is 54.4 Å². The third-order valence-corrected chi connectivity index (χ3v) is 5.18. The zero-order valence-electron chi connectivity index (χ0n) is 18.9. The van der Waals surface area contributed by atoms with Gasteiger partial charge >= 0.3 is 23.9 Å². The molecule has 0 aromatic rings. The number of thioether (sulfide) groups is 1. The molecule has 0 aromatic carbocycles. The highest BCUT2D eigenvalue weighted by Crippen LogP contribution is 2.31. The molecule has 0 radical (unpaired) electrons. The Labute approximate surface area is 191 Å². The van der Waals surface area contributed by atoms with Crippen LogP contribution in [0, 0.1) is 0 Å². The van der Waals surface area contributed by atoms with Crippen molar-refractivity contribution in [2.24, 2.45) is 5.16 Å². The zero-order chi connectivity index (χ0) is 24.3. The van der Waals surface area contributed by atoms with Crippen molar-refractivity contribution in [2.75, 3.05) is 18.6 Å². The van der Waals surface area contributed by atoms with Gasteiger partial charge in [0.05, 0.1) is 5.71 Å². The van der Waals surface area contributed by atoms with Crippen LogP contribution in [0.25, 0.3) is 0 Å². The number of hydrogen-bond acceptors (Lipinski definition) is 12. The van der Waals surface area contributed by atoms with E-state index in [1.165, 1.54) is 6.92 Å². The van der Waals surface area contributed by atoms with Crippen LogP contribution in [0.4, 0.5) is 0 Å². The van der Waals surface area contributed by atoms with E-state index in [2.05, 4.69) is 5.16 Å². The van der Waals surface area contributed by atoms with E-state index >= 15 is 0 Å². The lowest BCUT2D eigenvalue weighted by molar-refractivity contribution is -0.241. The first kappa shape index (κ1) is 27.7. The minimum atomic E-state index is -1.29. The van der Waals surface area contributed by atoms with Gasteiger partial charge in [0.1, 0.15) is 18.8 Å². The second-order valence-electron chi connectivity index (χ2n) is 7.16. The van der Waals surface area contributed by atoms with Crippen molar-refractivity contribution in [2.45, 2.75) is 77.5 Å². The smallest absolute Gasteiger partial charge is 0.303 e. The van der Waals surface area contributed by atoms with Gasteiger partial charge in [0.2, 0.25) is 0 Å². The lowest BCUT2D eigenvalue weighted by Gasteiger charge is -2.44. The molecule has 0 saturated carbocycles. The average molecular weight is 483 g/mol. The first-order valence-corrected chi connectivity index (χ1v) is 11.5. The molecule has 0 aliphatic carbocycles. The molecule has 0 unspecified atom stereocenters. The molecule has 1 aliphatic rings. The van der Waals surface area contributed by atoms with Gasteiger partial charge in [-0.3, -0.25) is 19.2 Å². The predicted molar refractivity (Wildman–Crippen MR) is 113 cm³/mol. The number of oxime groups is 1. The standard InChI is InChI=1S/C20H31NO10S/c1-11(22)27-10-16-18(28-12(2)23)20(30-14(4)25)19(29-13(3)24)17(31-16)15(21-26)8-6-7-9-32-5/h16-20,26H,6-10H2,1-5H3/b21-15-/t16-,17+,18-,19+,20+/m1/s1/i10+1,16+1,17+1,18+1,19+1,20+1. The Balaban J connectivity index is 3.36. The molecule has 1 heterocycles. The van der Waals surface area contributed by atoms with Crippen LogP contribution in [0.2, 0.25) is 0 Å². The number of carbonyl (C=O) groups is 4. The average Bonchev–Trinajstić information content (AvgIpc) is 2.69. The second-order valence-corrected chi connectivity index (χ2v) is 8.15. The Morgan fingerprint density at radius 3 is 1.94 bits per heavy atom. The molecule has 1 N–H and O–H groups in total. The van der Waals surface area contributed by atoms with Crippen LogP contribution in [0.1, 0.15) is 47.0 Å². The molecule has 0 spiro atoms. The van der Waals surface area contributed by atoms with Gasteiger partial charge in [0.25, 0.3) is 0 Å². The van der Waals surface area contributed by atoms with E-state index in [0.717, 1.165) is 32.9 Å². The van der Waals surface area contributed by atoms with Gasteiger partial charge in [0, 0.05) is 27.7 Å². The van der Waals surface area contributed by atoms with Crippen LogP contribution >= 0.6 is 11.8 Å². The van der Waals surface area contributed by atoms with Gasteiger partial charge in [-0.2, -0.15) is 11.8 Å². The SMILES string of the molecule is CSCCCC/C(=N/O)[13C@@H]1O[13C@H]([13CH2]OC(C)=O)[13C@@H](OC(C)=O)[13C@H](OC(C)=O)[13C@H]1OC(C)=O. The van der Waals surface area contributed by atoms with Crippen molar-refractivity contribution >= 4 is 41.4 Å². The Kier molecular flexibility index (Phi) is 12.1. The Morgan fingerprint density at radius 1 is 0.875 bits per heavy atom. The van der Waals surface area contributed by atoms with E-state index in [4.69, 9.17) is 23.7 Å². The maximum absolute atomic E-state index is 11.8.